The van der Waals surface area contributed by atoms with E-state index in [1.165, 1.54) is 25.1 Å². The molecule has 92 valence electrons. The van der Waals surface area contributed by atoms with Crippen LogP contribution in [0.5, 0.6) is 5.75 Å². The largest absolute Gasteiger partial charge is 0.434 e. The minimum Gasteiger partial charge on any atom is -0.434 e. The normalized spacial score (nSPS) is 12.3. The first kappa shape index (κ1) is 13.6. The molecule has 0 saturated heterocycles. The molecule has 0 bridgehead atoms. The lowest BCUT2D eigenvalue weighted by Crippen LogP contribution is -2.09. The number of hydrogen-bond acceptors (Lipinski definition) is 3. The van der Waals surface area contributed by atoms with Gasteiger partial charge in [0.05, 0.1) is 5.56 Å². The van der Waals surface area contributed by atoms with Crippen LogP contribution in [-0.2, 0) is 4.79 Å². The van der Waals surface area contributed by atoms with Crippen molar-refractivity contribution in [1.29, 1.82) is 0 Å². The first-order valence-corrected chi connectivity index (χ1v) is 5.08. The Morgan fingerprint density at radius 2 is 2.12 bits per heavy atom. The summed E-state index contributed by atoms with van der Waals surface area (Å²) in [6.07, 6.45) is 0.339. The fourth-order valence-corrected chi connectivity index (χ4v) is 1.52. The smallest absolute Gasteiger partial charge is 0.387 e. The van der Waals surface area contributed by atoms with Crippen molar-refractivity contribution in [3.8, 4) is 5.75 Å². The molecule has 0 aromatic heterocycles. The van der Waals surface area contributed by atoms with Crippen LogP contribution < -0.4 is 4.74 Å². The number of alkyl halides is 3. The molecular weight excluding hydrogens is 254 g/mol. The summed E-state index contributed by atoms with van der Waals surface area (Å²) in [6, 6.07) is 4.02. The molecule has 0 spiro atoms. The fraction of sp³-hybridized carbons (Fsp3) is 0.273. The third kappa shape index (κ3) is 3.23. The molecule has 3 nitrogen and oxygen atoms in total. The molecule has 1 atom stereocenters. The van der Waals surface area contributed by atoms with Crippen molar-refractivity contribution in [2.45, 2.75) is 18.9 Å². The average Bonchev–Trinajstić information content (AvgIpc) is 2.26. The molecule has 0 saturated carbocycles. The first-order valence-electron chi connectivity index (χ1n) is 4.64. The van der Waals surface area contributed by atoms with E-state index in [1.807, 2.05) is 0 Å². The quantitative estimate of drug-likeness (QED) is 0.605. The van der Waals surface area contributed by atoms with Gasteiger partial charge in [0.2, 0.25) is 0 Å². The Hall–Kier alpha value is -1.49. The second-order valence-corrected chi connectivity index (χ2v) is 3.67. The summed E-state index contributed by atoms with van der Waals surface area (Å²) in [5.41, 5.74) is 0.0234. The van der Waals surface area contributed by atoms with Crippen LogP contribution in [0.15, 0.2) is 18.2 Å². The molecule has 0 fully saturated rings. The van der Waals surface area contributed by atoms with Crippen LogP contribution >= 0.6 is 11.6 Å². The van der Waals surface area contributed by atoms with E-state index >= 15 is 0 Å². The molecular formula is C11H9ClF2O3. The Kier molecular flexibility index (Phi) is 4.57. The number of rotatable bonds is 5. The van der Waals surface area contributed by atoms with Crippen molar-refractivity contribution in [3.05, 3.63) is 29.3 Å². The summed E-state index contributed by atoms with van der Waals surface area (Å²) in [5.74, 6) is -0.677. The number of benzene rings is 1. The average molecular weight is 263 g/mol. The van der Waals surface area contributed by atoms with Crippen molar-refractivity contribution in [3.63, 3.8) is 0 Å². The Labute approximate surface area is 101 Å². The molecule has 1 unspecified atom stereocenters. The lowest BCUT2D eigenvalue weighted by Gasteiger charge is -2.13. The van der Waals surface area contributed by atoms with E-state index in [4.69, 9.17) is 11.6 Å². The summed E-state index contributed by atoms with van der Waals surface area (Å²) >= 11 is 5.78. The topological polar surface area (TPSA) is 43.4 Å². The van der Waals surface area contributed by atoms with Crippen molar-refractivity contribution in [2.75, 3.05) is 0 Å². The van der Waals surface area contributed by atoms with Gasteiger partial charge in [0.1, 0.15) is 11.1 Å². The van der Waals surface area contributed by atoms with Gasteiger partial charge in [-0.15, -0.1) is 11.6 Å². The van der Waals surface area contributed by atoms with Crippen molar-refractivity contribution < 1.29 is 23.1 Å². The molecule has 0 aliphatic rings. The maximum atomic E-state index is 12.1. The van der Waals surface area contributed by atoms with Gasteiger partial charge in [-0.2, -0.15) is 8.78 Å². The number of hydrogen-bond donors (Lipinski definition) is 0. The summed E-state index contributed by atoms with van der Waals surface area (Å²) in [5, 5.41) is -1.06. The van der Waals surface area contributed by atoms with E-state index in [0.717, 1.165) is 0 Å². The van der Waals surface area contributed by atoms with Gasteiger partial charge in [-0.05, 0) is 18.6 Å². The molecule has 1 rings (SSSR count). The number of aldehydes is 1. The zero-order chi connectivity index (χ0) is 13.0. The number of Topliss-reactive ketones (excluding diaryl/α,β-unsaturated/α-hetero) is 1. The number of ether oxygens (including phenoxy) is 1. The molecule has 0 aliphatic heterocycles. The molecule has 17 heavy (non-hydrogen) atoms. The van der Waals surface area contributed by atoms with E-state index < -0.39 is 12.0 Å². The molecule has 1 aromatic rings. The van der Waals surface area contributed by atoms with Crippen LogP contribution in [0.4, 0.5) is 8.78 Å². The second kappa shape index (κ2) is 5.72. The summed E-state index contributed by atoms with van der Waals surface area (Å²) in [7, 11) is 0. The Morgan fingerprint density at radius 3 is 2.59 bits per heavy atom. The molecule has 0 N–H and O–H groups in total. The SMILES string of the molecule is CC(=O)C(Cl)c1cccc(OC(F)F)c1C=O. The van der Waals surface area contributed by atoms with E-state index in [9.17, 15) is 18.4 Å². The third-order valence-corrected chi connectivity index (χ3v) is 2.61. The van der Waals surface area contributed by atoms with E-state index in [1.54, 1.807) is 0 Å². The standard InChI is InChI=1S/C11H9ClF2O3/c1-6(16)10(12)7-3-2-4-9(8(7)5-15)17-11(13)14/h2-5,10-11H,1H3. The van der Waals surface area contributed by atoms with Gasteiger partial charge in [-0.3, -0.25) is 9.59 Å². The predicted molar refractivity (Wildman–Crippen MR) is 57.7 cm³/mol. The summed E-state index contributed by atoms with van der Waals surface area (Å²) in [6.45, 7) is -1.80. The minimum atomic E-state index is -3.05. The fourth-order valence-electron chi connectivity index (χ4n) is 1.33. The van der Waals surface area contributed by atoms with Crippen LogP contribution in [0.25, 0.3) is 0 Å². The van der Waals surface area contributed by atoms with Crippen LogP contribution in [0.3, 0.4) is 0 Å². The zero-order valence-electron chi connectivity index (χ0n) is 8.82. The van der Waals surface area contributed by atoms with Gasteiger partial charge in [0, 0.05) is 0 Å². The maximum absolute atomic E-state index is 12.1. The number of carbonyl (C=O) groups is 2. The van der Waals surface area contributed by atoms with Crippen molar-refractivity contribution >= 4 is 23.7 Å². The Morgan fingerprint density at radius 1 is 1.47 bits per heavy atom. The lowest BCUT2D eigenvalue weighted by molar-refractivity contribution is -0.116. The van der Waals surface area contributed by atoms with Crippen molar-refractivity contribution in [1.82, 2.24) is 0 Å². The molecule has 0 aliphatic carbocycles. The number of carbonyl (C=O) groups excluding carboxylic acids is 2. The third-order valence-electron chi connectivity index (χ3n) is 2.06. The highest BCUT2D eigenvalue weighted by molar-refractivity contribution is 6.31. The van der Waals surface area contributed by atoms with E-state index in [-0.39, 0.29) is 22.7 Å². The monoisotopic (exact) mass is 262 g/mol. The predicted octanol–water partition coefficient (Wildman–Crippen LogP) is 2.97. The van der Waals surface area contributed by atoms with Gasteiger partial charge in [-0.1, -0.05) is 12.1 Å². The van der Waals surface area contributed by atoms with E-state index in [2.05, 4.69) is 4.74 Å². The highest BCUT2D eigenvalue weighted by Crippen LogP contribution is 2.30. The molecule has 1 aromatic carbocycles. The van der Waals surface area contributed by atoms with Gasteiger partial charge < -0.3 is 4.74 Å². The lowest BCUT2D eigenvalue weighted by atomic mass is 10.0. The van der Waals surface area contributed by atoms with Crippen LogP contribution in [0, 0.1) is 0 Å². The minimum absolute atomic E-state index is 0.136. The van der Waals surface area contributed by atoms with Gasteiger partial charge in [0.25, 0.3) is 0 Å². The van der Waals surface area contributed by atoms with Gasteiger partial charge in [-0.25, -0.2) is 0 Å². The van der Waals surface area contributed by atoms with Crippen LogP contribution in [-0.4, -0.2) is 18.7 Å². The highest BCUT2D eigenvalue weighted by Gasteiger charge is 2.20. The molecule has 0 heterocycles. The molecule has 0 radical (unpaired) electrons. The summed E-state index contributed by atoms with van der Waals surface area (Å²) in [4.78, 5) is 22.0. The molecule has 6 heteroatoms. The van der Waals surface area contributed by atoms with Gasteiger partial charge >= 0.3 is 6.61 Å². The molecule has 0 amide bonds. The van der Waals surface area contributed by atoms with Crippen LogP contribution in [0.1, 0.15) is 28.2 Å². The van der Waals surface area contributed by atoms with Crippen LogP contribution in [0.2, 0.25) is 0 Å². The number of halogens is 3. The van der Waals surface area contributed by atoms with Crippen molar-refractivity contribution in [2.24, 2.45) is 0 Å². The second-order valence-electron chi connectivity index (χ2n) is 3.23. The van der Waals surface area contributed by atoms with E-state index in [0.29, 0.717) is 6.29 Å². The number of ketones is 1. The van der Waals surface area contributed by atoms with Gasteiger partial charge in [0.15, 0.2) is 12.1 Å². The maximum Gasteiger partial charge on any atom is 0.387 e. The summed E-state index contributed by atoms with van der Waals surface area (Å²) < 4.78 is 28.4. The first-order chi connectivity index (χ1) is 7.97. The highest BCUT2D eigenvalue weighted by atomic mass is 35.5. The zero-order valence-corrected chi connectivity index (χ0v) is 9.58. The Bertz CT molecular complexity index is 435. The Balaban J connectivity index is 3.23.